The summed E-state index contributed by atoms with van der Waals surface area (Å²) >= 11 is 0. The number of aromatic nitrogens is 4. The number of hydrogen-bond acceptors (Lipinski definition) is 8. The predicted octanol–water partition coefficient (Wildman–Crippen LogP) is 2.30. The molecule has 202 valence electrons. The quantitative estimate of drug-likeness (QED) is 0.173. The molecule has 0 unspecified atom stereocenters. The second-order valence-electron chi connectivity index (χ2n) is 8.21. The first kappa shape index (κ1) is 28.2. The zero-order valence-electron chi connectivity index (χ0n) is 21.1. The number of rotatable bonds is 12. The summed E-state index contributed by atoms with van der Waals surface area (Å²) in [5.74, 6) is -1.35. The van der Waals surface area contributed by atoms with E-state index in [1.807, 2.05) is 25.2 Å². The van der Waals surface area contributed by atoms with Gasteiger partial charge in [-0.05, 0) is 37.5 Å². The number of benzene rings is 1. The van der Waals surface area contributed by atoms with Crippen LogP contribution in [0.3, 0.4) is 0 Å². The van der Waals surface area contributed by atoms with Crippen molar-refractivity contribution in [2.45, 2.75) is 32.4 Å². The molecule has 2 aromatic heterocycles. The van der Waals surface area contributed by atoms with Crippen LogP contribution in [-0.2, 0) is 6.54 Å². The standard InChI is InChI=1S/C26H28N8O5/c1-3-6-18(8-5-4-7-16(2)22-33-26(38)39-34-22)31-24(36)21-13-20(29-15-30-21)23(35)28-14-17-9-11-19(12-10-17)32-25(27)37/h3-4,6-7,9-13,15,18H,2,5,8,14H2,1H3,(H,28,35)(H,31,36)(H3,27,32,37)(H,33,34,38)/b6-3+,7-4+/t18-/m1/s1. The summed E-state index contributed by atoms with van der Waals surface area (Å²) in [7, 11) is 0. The first-order valence-electron chi connectivity index (χ1n) is 11.9. The summed E-state index contributed by atoms with van der Waals surface area (Å²) in [5, 5.41) is 11.6. The van der Waals surface area contributed by atoms with E-state index in [9.17, 15) is 19.2 Å². The van der Waals surface area contributed by atoms with Crippen molar-refractivity contribution in [1.82, 2.24) is 30.7 Å². The minimum absolute atomic E-state index is 0.0390. The minimum Gasteiger partial charge on any atom is -0.351 e. The number of H-pyrrole nitrogens is 1. The van der Waals surface area contributed by atoms with Gasteiger partial charge >= 0.3 is 11.8 Å². The molecule has 1 atom stereocenters. The van der Waals surface area contributed by atoms with Crippen molar-refractivity contribution >= 4 is 29.1 Å². The maximum Gasteiger partial charge on any atom is 0.439 e. The molecule has 13 nitrogen and oxygen atoms in total. The number of carbonyl (C=O) groups is 3. The lowest BCUT2D eigenvalue weighted by Crippen LogP contribution is -2.34. The summed E-state index contributed by atoms with van der Waals surface area (Å²) in [5.41, 5.74) is 6.97. The zero-order valence-corrected chi connectivity index (χ0v) is 21.1. The first-order valence-corrected chi connectivity index (χ1v) is 11.9. The van der Waals surface area contributed by atoms with Crippen LogP contribution in [0, 0.1) is 0 Å². The first-order chi connectivity index (χ1) is 18.7. The van der Waals surface area contributed by atoms with Gasteiger partial charge in [-0.15, -0.1) is 0 Å². The number of amides is 4. The SMILES string of the molecule is C=C(/C=C/CC[C@@H](/C=C/C)NC(=O)c1cc(C(=O)NCc2ccc(NC(N)=O)cc2)ncn1)c1noc(=O)[nH]1. The number of hydrogen-bond donors (Lipinski definition) is 5. The number of urea groups is 1. The molecule has 3 aromatic rings. The van der Waals surface area contributed by atoms with Gasteiger partial charge in [0.15, 0.2) is 5.82 Å². The Labute approximate surface area is 223 Å². The zero-order chi connectivity index (χ0) is 28.2. The molecule has 0 bridgehead atoms. The number of allylic oxidation sites excluding steroid dienone is 4. The maximum atomic E-state index is 12.8. The molecule has 0 saturated heterocycles. The largest absolute Gasteiger partial charge is 0.439 e. The Hall–Kier alpha value is -5.33. The van der Waals surface area contributed by atoms with Gasteiger partial charge in [-0.25, -0.2) is 19.6 Å². The number of aromatic amines is 1. The molecular weight excluding hydrogens is 504 g/mol. The molecular formula is C26H28N8O5. The lowest BCUT2D eigenvalue weighted by Gasteiger charge is -2.14. The summed E-state index contributed by atoms with van der Waals surface area (Å²) in [6.45, 7) is 5.86. The Morgan fingerprint density at radius 2 is 1.87 bits per heavy atom. The van der Waals surface area contributed by atoms with Gasteiger partial charge in [-0.3, -0.25) is 19.1 Å². The average molecular weight is 533 g/mol. The second-order valence-corrected chi connectivity index (χ2v) is 8.21. The predicted molar refractivity (Wildman–Crippen MR) is 143 cm³/mol. The van der Waals surface area contributed by atoms with Crippen molar-refractivity contribution in [1.29, 1.82) is 0 Å². The third kappa shape index (κ3) is 8.93. The molecule has 0 saturated carbocycles. The monoisotopic (exact) mass is 532 g/mol. The van der Waals surface area contributed by atoms with E-state index in [0.717, 1.165) is 11.9 Å². The fourth-order valence-corrected chi connectivity index (χ4v) is 3.37. The van der Waals surface area contributed by atoms with Gasteiger partial charge in [-0.1, -0.05) is 48.2 Å². The van der Waals surface area contributed by atoms with Gasteiger partial charge in [0.1, 0.15) is 17.7 Å². The normalized spacial score (nSPS) is 11.8. The van der Waals surface area contributed by atoms with Gasteiger partial charge < -0.3 is 21.7 Å². The average Bonchev–Trinajstić information content (AvgIpc) is 3.36. The third-order valence-corrected chi connectivity index (χ3v) is 5.26. The lowest BCUT2D eigenvalue weighted by atomic mass is 10.1. The van der Waals surface area contributed by atoms with Crippen molar-refractivity contribution in [2.75, 3.05) is 5.32 Å². The van der Waals surface area contributed by atoms with Gasteiger partial charge in [0.2, 0.25) is 0 Å². The van der Waals surface area contributed by atoms with Gasteiger partial charge in [0.05, 0.1) is 0 Å². The van der Waals surface area contributed by atoms with Crippen LogP contribution < -0.4 is 27.4 Å². The topological polar surface area (TPSA) is 198 Å². The van der Waals surface area contributed by atoms with Crippen LogP contribution in [0.15, 0.2) is 76.9 Å². The van der Waals surface area contributed by atoms with Crippen LogP contribution in [-0.4, -0.2) is 44.0 Å². The molecule has 0 aliphatic rings. The Morgan fingerprint density at radius 3 is 2.51 bits per heavy atom. The van der Waals surface area contributed by atoms with Gasteiger partial charge in [0.25, 0.3) is 11.8 Å². The van der Waals surface area contributed by atoms with E-state index in [2.05, 4.69) is 47.2 Å². The fraction of sp³-hybridized carbons (Fsp3) is 0.192. The van der Waals surface area contributed by atoms with Crippen LogP contribution in [0.5, 0.6) is 0 Å². The third-order valence-electron chi connectivity index (χ3n) is 5.26. The van der Waals surface area contributed by atoms with E-state index >= 15 is 0 Å². The highest BCUT2D eigenvalue weighted by Gasteiger charge is 2.16. The van der Waals surface area contributed by atoms with E-state index in [-0.39, 0.29) is 29.8 Å². The summed E-state index contributed by atoms with van der Waals surface area (Å²) in [4.78, 5) is 57.8. The number of nitrogens with one attached hydrogen (secondary N) is 4. The summed E-state index contributed by atoms with van der Waals surface area (Å²) < 4.78 is 4.46. The van der Waals surface area contributed by atoms with Crippen molar-refractivity contribution in [3.05, 3.63) is 101 Å². The summed E-state index contributed by atoms with van der Waals surface area (Å²) in [6, 6.07) is 7.12. The molecule has 39 heavy (non-hydrogen) atoms. The Kier molecular flexibility index (Phi) is 10.0. The van der Waals surface area contributed by atoms with E-state index in [4.69, 9.17) is 5.73 Å². The van der Waals surface area contributed by atoms with Crippen LogP contribution in [0.25, 0.3) is 5.57 Å². The van der Waals surface area contributed by atoms with Crippen LogP contribution in [0.2, 0.25) is 0 Å². The number of nitrogens with two attached hydrogens (primary N) is 1. The highest BCUT2D eigenvalue weighted by Crippen LogP contribution is 2.11. The highest BCUT2D eigenvalue weighted by molar-refractivity contribution is 5.97. The van der Waals surface area contributed by atoms with Crippen LogP contribution >= 0.6 is 0 Å². The smallest absolute Gasteiger partial charge is 0.351 e. The molecule has 6 N–H and O–H groups in total. The molecule has 0 spiro atoms. The van der Waals surface area contributed by atoms with Gasteiger partial charge in [-0.2, -0.15) is 0 Å². The van der Waals surface area contributed by atoms with Crippen LogP contribution in [0.4, 0.5) is 10.5 Å². The number of carbonyl (C=O) groups excluding carboxylic acids is 3. The molecule has 0 radical (unpaired) electrons. The molecule has 0 fully saturated rings. The van der Waals surface area contributed by atoms with Crippen molar-refractivity contribution in [3.8, 4) is 0 Å². The second kappa shape index (κ2) is 13.8. The lowest BCUT2D eigenvalue weighted by molar-refractivity contribution is 0.0937. The van der Waals surface area contributed by atoms with Crippen molar-refractivity contribution in [3.63, 3.8) is 0 Å². The molecule has 0 aliphatic carbocycles. The van der Waals surface area contributed by atoms with E-state index in [0.29, 0.717) is 24.1 Å². The molecule has 2 heterocycles. The van der Waals surface area contributed by atoms with Crippen molar-refractivity contribution in [2.24, 2.45) is 5.73 Å². The molecule has 4 amide bonds. The number of anilines is 1. The van der Waals surface area contributed by atoms with Gasteiger partial charge in [0, 0.05) is 29.9 Å². The Morgan fingerprint density at radius 1 is 1.15 bits per heavy atom. The minimum atomic E-state index is -0.668. The molecule has 3 rings (SSSR count). The Balaban J connectivity index is 1.53. The molecule has 1 aromatic carbocycles. The fourth-order valence-electron chi connectivity index (χ4n) is 3.37. The highest BCUT2D eigenvalue weighted by atomic mass is 16.5. The number of nitrogens with zero attached hydrogens (tertiary/aromatic N) is 3. The van der Waals surface area contributed by atoms with E-state index in [1.165, 1.54) is 6.07 Å². The maximum absolute atomic E-state index is 12.8. The number of primary amides is 1. The van der Waals surface area contributed by atoms with Crippen molar-refractivity contribution < 1.29 is 18.9 Å². The molecule has 13 heteroatoms. The summed E-state index contributed by atoms with van der Waals surface area (Å²) in [6.07, 6.45) is 9.52. The van der Waals surface area contributed by atoms with Crippen LogP contribution in [0.1, 0.15) is 52.1 Å². The van der Waals surface area contributed by atoms with E-state index in [1.54, 1.807) is 30.3 Å². The molecule has 0 aliphatic heterocycles. The van der Waals surface area contributed by atoms with E-state index < -0.39 is 23.6 Å². The Bertz CT molecular complexity index is 1440.